The van der Waals surface area contributed by atoms with Crippen LogP contribution in [0.2, 0.25) is 0 Å². The minimum absolute atomic E-state index is 0.0962. The van der Waals surface area contributed by atoms with Crippen LogP contribution in [0, 0.1) is 18.6 Å². The van der Waals surface area contributed by atoms with E-state index < -0.39 is 11.6 Å². The van der Waals surface area contributed by atoms with E-state index in [1.165, 1.54) is 6.07 Å². The number of rotatable bonds is 3. The Kier molecular flexibility index (Phi) is 3.53. The van der Waals surface area contributed by atoms with Gasteiger partial charge in [0, 0.05) is 18.2 Å². The number of aryl methyl sites for hydroxylation is 1. The first-order valence-electron chi connectivity index (χ1n) is 6.75. The molecule has 2 aromatic rings. The molecule has 1 aliphatic rings. The highest BCUT2D eigenvalue weighted by Crippen LogP contribution is 2.33. The van der Waals surface area contributed by atoms with E-state index >= 15 is 0 Å². The highest BCUT2D eigenvalue weighted by atomic mass is 19.2. The van der Waals surface area contributed by atoms with Gasteiger partial charge in [0.2, 0.25) is 0 Å². The largest absolute Gasteiger partial charge is 0.359 e. The Labute approximate surface area is 116 Å². The predicted octanol–water partition coefficient (Wildman–Crippen LogP) is 3.60. The van der Waals surface area contributed by atoms with Crippen LogP contribution < -0.4 is 0 Å². The first-order valence-corrected chi connectivity index (χ1v) is 6.75. The average molecular weight is 278 g/mol. The van der Waals surface area contributed by atoms with Gasteiger partial charge >= 0.3 is 0 Å². The lowest BCUT2D eigenvalue weighted by Crippen LogP contribution is -2.23. The summed E-state index contributed by atoms with van der Waals surface area (Å²) in [4.78, 5) is 2.11. The summed E-state index contributed by atoms with van der Waals surface area (Å²) >= 11 is 0. The average Bonchev–Trinajstić information content (AvgIpc) is 3.03. The van der Waals surface area contributed by atoms with E-state index in [9.17, 15) is 8.78 Å². The van der Waals surface area contributed by atoms with E-state index in [0.717, 1.165) is 36.9 Å². The molecule has 3 nitrogen and oxygen atoms in total. The molecule has 1 aliphatic heterocycles. The third-order valence-electron chi connectivity index (χ3n) is 3.74. The smallest absolute Gasteiger partial charge is 0.163 e. The monoisotopic (exact) mass is 278 g/mol. The van der Waals surface area contributed by atoms with E-state index in [-0.39, 0.29) is 6.04 Å². The number of nitrogens with zero attached hydrogens (tertiary/aromatic N) is 2. The highest BCUT2D eigenvalue weighted by Gasteiger charge is 2.29. The summed E-state index contributed by atoms with van der Waals surface area (Å²) in [6.07, 6.45) is 1.97. The number of halogens is 2. The second-order valence-corrected chi connectivity index (χ2v) is 5.21. The molecule has 3 rings (SSSR count). The summed E-state index contributed by atoms with van der Waals surface area (Å²) in [7, 11) is 0. The van der Waals surface area contributed by atoms with Crippen molar-refractivity contribution in [2.75, 3.05) is 6.54 Å². The van der Waals surface area contributed by atoms with Gasteiger partial charge < -0.3 is 4.52 Å². The lowest BCUT2D eigenvalue weighted by molar-refractivity contribution is 0.204. The van der Waals surface area contributed by atoms with Gasteiger partial charge in [0.25, 0.3) is 0 Å². The van der Waals surface area contributed by atoms with Gasteiger partial charge in [-0.1, -0.05) is 17.3 Å². The fourth-order valence-electron chi connectivity index (χ4n) is 2.77. The molecule has 0 unspecified atom stereocenters. The quantitative estimate of drug-likeness (QED) is 0.859. The summed E-state index contributed by atoms with van der Waals surface area (Å²) < 4.78 is 32.3. The second kappa shape index (κ2) is 5.32. The second-order valence-electron chi connectivity index (χ2n) is 5.21. The summed E-state index contributed by atoms with van der Waals surface area (Å²) in [6.45, 7) is 3.10. The molecule has 1 aromatic heterocycles. The topological polar surface area (TPSA) is 29.3 Å². The molecule has 106 valence electrons. The first-order chi connectivity index (χ1) is 9.65. The normalized spacial score (nSPS) is 19.6. The molecular weight excluding hydrogens is 262 g/mol. The molecule has 1 atom stereocenters. The van der Waals surface area contributed by atoms with Gasteiger partial charge in [-0.15, -0.1) is 0 Å². The molecule has 5 heteroatoms. The molecule has 0 N–H and O–H groups in total. The molecule has 20 heavy (non-hydrogen) atoms. The Morgan fingerprint density at radius 1 is 1.40 bits per heavy atom. The van der Waals surface area contributed by atoms with Crippen LogP contribution in [0.25, 0.3) is 0 Å². The zero-order valence-corrected chi connectivity index (χ0v) is 11.3. The molecular formula is C15H16F2N2O. The maximum atomic E-state index is 13.8. The molecule has 1 aromatic carbocycles. The van der Waals surface area contributed by atoms with Gasteiger partial charge in [-0.05, 0) is 32.4 Å². The molecule has 0 bridgehead atoms. The predicted molar refractivity (Wildman–Crippen MR) is 70.0 cm³/mol. The maximum Gasteiger partial charge on any atom is 0.163 e. The Bertz CT molecular complexity index is 612. The van der Waals surface area contributed by atoms with Crippen LogP contribution in [0.3, 0.4) is 0 Å². The fourth-order valence-corrected chi connectivity index (χ4v) is 2.77. The fraction of sp³-hybridized carbons (Fsp3) is 0.400. The van der Waals surface area contributed by atoms with E-state index in [2.05, 4.69) is 10.1 Å². The third-order valence-corrected chi connectivity index (χ3v) is 3.74. The van der Waals surface area contributed by atoms with Crippen LogP contribution in [-0.4, -0.2) is 16.6 Å². The van der Waals surface area contributed by atoms with Gasteiger partial charge in [0.05, 0.1) is 11.7 Å². The van der Waals surface area contributed by atoms with E-state index in [0.29, 0.717) is 12.1 Å². The molecule has 0 radical (unpaired) electrons. The van der Waals surface area contributed by atoms with Crippen LogP contribution in [0.4, 0.5) is 8.78 Å². The van der Waals surface area contributed by atoms with Crippen molar-refractivity contribution in [1.82, 2.24) is 10.1 Å². The van der Waals surface area contributed by atoms with Gasteiger partial charge in [0.1, 0.15) is 0 Å². The number of hydrogen-bond acceptors (Lipinski definition) is 3. The molecule has 0 spiro atoms. The molecule has 0 amide bonds. The van der Waals surface area contributed by atoms with Crippen LogP contribution in [-0.2, 0) is 6.54 Å². The van der Waals surface area contributed by atoms with Gasteiger partial charge in [-0.3, -0.25) is 4.90 Å². The van der Waals surface area contributed by atoms with Crippen molar-refractivity contribution in [3.05, 3.63) is 52.9 Å². The van der Waals surface area contributed by atoms with Crippen LogP contribution in [0.5, 0.6) is 0 Å². The summed E-state index contributed by atoms with van der Waals surface area (Å²) in [6, 6.07) is 6.31. The summed E-state index contributed by atoms with van der Waals surface area (Å²) in [5.41, 5.74) is 1.22. The van der Waals surface area contributed by atoms with Gasteiger partial charge in [-0.25, -0.2) is 8.78 Å². The zero-order valence-electron chi connectivity index (χ0n) is 11.3. The Hall–Kier alpha value is -1.75. The third kappa shape index (κ3) is 2.45. The van der Waals surface area contributed by atoms with Crippen molar-refractivity contribution in [1.29, 1.82) is 0 Å². The molecule has 1 fully saturated rings. The maximum absolute atomic E-state index is 13.8. The van der Waals surface area contributed by atoms with Crippen molar-refractivity contribution < 1.29 is 13.3 Å². The lowest BCUT2D eigenvalue weighted by atomic mass is 10.1. The van der Waals surface area contributed by atoms with Crippen molar-refractivity contribution in [3.63, 3.8) is 0 Å². The Balaban J connectivity index is 1.81. The molecule has 2 heterocycles. The first kappa shape index (κ1) is 13.2. The van der Waals surface area contributed by atoms with Crippen LogP contribution in [0.1, 0.15) is 35.9 Å². The number of hydrogen-bond donors (Lipinski definition) is 0. The lowest BCUT2D eigenvalue weighted by Gasteiger charge is -2.22. The van der Waals surface area contributed by atoms with Crippen molar-refractivity contribution in [3.8, 4) is 0 Å². The van der Waals surface area contributed by atoms with Crippen LogP contribution in [0.15, 0.2) is 28.8 Å². The SMILES string of the molecule is Cc1cc([C@H]2CCCN2Cc2cccc(F)c2F)on1. The van der Waals surface area contributed by atoms with E-state index in [1.807, 2.05) is 13.0 Å². The van der Waals surface area contributed by atoms with E-state index in [4.69, 9.17) is 4.52 Å². The Morgan fingerprint density at radius 2 is 2.25 bits per heavy atom. The Morgan fingerprint density at radius 3 is 3.00 bits per heavy atom. The number of benzene rings is 1. The zero-order chi connectivity index (χ0) is 14.1. The summed E-state index contributed by atoms with van der Waals surface area (Å²) in [5, 5.41) is 3.90. The number of aromatic nitrogens is 1. The van der Waals surface area contributed by atoms with E-state index in [1.54, 1.807) is 6.07 Å². The number of likely N-dealkylation sites (tertiary alicyclic amines) is 1. The standard InChI is InChI=1S/C15H16F2N2O/c1-10-8-14(20-18-10)13-6-3-7-19(13)9-11-4-2-5-12(16)15(11)17/h2,4-5,8,13H,3,6-7,9H2,1H3/t13-/m1/s1. The van der Waals surface area contributed by atoms with Crippen molar-refractivity contribution >= 4 is 0 Å². The van der Waals surface area contributed by atoms with Gasteiger partial charge in [-0.2, -0.15) is 0 Å². The van der Waals surface area contributed by atoms with Crippen molar-refractivity contribution in [2.45, 2.75) is 32.4 Å². The minimum atomic E-state index is -0.797. The van der Waals surface area contributed by atoms with Crippen molar-refractivity contribution in [2.24, 2.45) is 0 Å². The van der Waals surface area contributed by atoms with Gasteiger partial charge in [0.15, 0.2) is 17.4 Å². The minimum Gasteiger partial charge on any atom is -0.359 e. The molecule has 0 aliphatic carbocycles. The molecule has 0 saturated carbocycles. The molecule has 1 saturated heterocycles. The summed E-state index contributed by atoms with van der Waals surface area (Å²) in [5.74, 6) is -0.752. The van der Waals surface area contributed by atoms with Crippen LogP contribution >= 0.6 is 0 Å². The highest BCUT2D eigenvalue weighted by molar-refractivity contribution is 5.20.